The molecule has 0 aliphatic carbocycles. The molecule has 1 aromatic rings. The third-order valence-electron chi connectivity index (χ3n) is 2.29. The maximum Gasteiger partial charge on any atom is 0.233 e. The van der Waals surface area contributed by atoms with Crippen LogP contribution in [-0.2, 0) is 0 Å². The Hall–Kier alpha value is -0.880. The van der Waals surface area contributed by atoms with Gasteiger partial charge in [-0.3, -0.25) is 0 Å². The van der Waals surface area contributed by atoms with Crippen LogP contribution < -0.4 is 11.1 Å². The number of nitrogens with two attached hydrogens (primary N) is 1. The lowest BCUT2D eigenvalue weighted by molar-refractivity contribution is 0.273. The standard InChI is InChI=1S/C9H19N5S/c1-7(2)14(3)6-4-5-11-9-12-8(10)13-15-9/h7H,4-6H2,1-3H3,(H3,10,11,12,13). The lowest BCUT2D eigenvalue weighted by atomic mass is 10.3. The van der Waals surface area contributed by atoms with E-state index < -0.39 is 0 Å². The summed E-state index contributed by atoms with van der Waals surface area (Å²) < 4.78 is 3.89. The second-order valence-corrected chi connectivity index (χ2v) is 4.56. The molecule has 0 amide bonds. The normalized spacial score (nSPS) is 11.3. The summed E-state index contributed by atoms with van der Waals surface area (Å²) in [6.07, 6.45) is 1.09. The van der Waals surface area contributed by atoms with Crippen molar-refractivity contribution in [2.24, 2.45) is 0 Å². The molecule has 6 heteroatoms. The number of anilines is 2. The highest BCUT2D eigenvalue weighted by Crippen LogP contribution is 2.11. The van der Waals surface area contributed by atoms with Gasteiger partial charge < -0.3 is 16.0 Å². The van der Waals surface area contributed by atoms with Crippen LogP contribution in [0.15, 0.2) is 0 Å². The zero-order valence-electron chi connectivity index (χ0n) is 9.53. The van der Waals surface area contributed by atoms with E-state index in [2.05, 4.69) is 40.5 Å². The van der Waals surface area contributed by atoms with E-state index in [9.17, 15) is 0 Å². The zero-order valence-corrected chi connectivity index (χ0v) is 10.3. The maximum absolute atomic E-state index is 5.41. The third-order valence-corrected chi connectivity index (χ3v) is 2.97. The molecule has 0 aliphatic rings. The van der Waals surface area contributed by atoms with Crippen LogP contribution in [0.1, 0.15) is 20.3 Å². The van der Waals surface area contributed by atoms with E-state index in [1.807, 2.05) is 0 Å². The highest BCUT2D eigenvalue weighted by molar-refractivity contribution is 7.09. The second kappa shape index (κ2) is 5.87. The minimum atomic E-state index is 0.349. The molecule has 1 heterocycles. The molecule has 0 unspecified atom stereocenters. The molecular weight excluding hydrogens is 210 g/mol. The number of aromatic nitrogens is 2. The van der Waals surface area contributed by atoms with Crippen molar-refractivity contribution in [3.05, 3.63) is 0 Å². The maximum atomic E-state index is 5.41. The Labute approximate surface area is 94.9 Å². The van der Waals surface area contributed by atoms with E-state index in [1.54, 1.807) is 0 Å². The summed E-state index contributed by atoms with van der Waals surface area (Å²) in [7, 11) is 2.13. The lowest BCUT2D eigenvalue weighted by Crippen LogP contribution is -2.28. The lowest BCUT2D eigenvalue weighted by Gasteiger charge is -2.20. The molecule has 0 aromatic carbocycles. The van der Waals surface area contributed by atoms with E-state index in [4.69, 9.17) is 5.73 Å². The molecule has 0 atom stereocenters. The Bertz CT molecular complexity index is 286. The molecule has 0 fully saturated rings. The number of rotatable bonds is 6. The van der Waals surface area contributed by atoms with Crippen molar-refractivity contribution in [2.75, 3.05) is 31.2 Å². The van der Waals surface area contributed by atoms with Gasteiger partial charge in [-0.25, -0.2) is 0 Å². The van der Waals surface area contributed by atoms with E-state index >= 15 is 0 Å². The fourth-order valence-corrected chi connectivity index (χ4v) is 1.61. The van der Waals surface area contributed by atoms with Crippen molar-refractivity contribution in [3.8, 4) is 0 Å². The van der Waals surface area contributed by atoms with Crippen LogP contribution >= 0.6 is 11.5 Å². The first-order valence-electron chi connectivity index (χ1n) is 5.13. The van der Waals surface area contributed by atoms with Gasteiger partial charge >= 0.3 is 0 Å². The summed E-state index contributed by atoms with van der Waals surface area (Å²) in [5.74, 6) is 0.349. The van der Waals surface area contributed by atoms with Crippen LogP contribution in [0, 0.1) is 0 Å². The minimum Gasteiger partial charge on any atom is -0.367 e. The number of nitrogens with one attached hydrogen (secondary N) is 1. The second-order valence-electron chi connectivity index (χ2n) is 3.81. The third kappa shape index (κ3) is 4.44. The van der Waals surface area contributed by atoms with Crippen LogP contribution in [0.5, 0.6) is 0 Å². The first kappa shape index (κ1) is 12.2. The molecule has 0 bridgehead atoms. The SMILES string of the molecule is CC(C)N(C)CCCNc1nc(N)ns1. The fraction of sp³-hybridized carbons (Fsp3) is 0.778. The molecule has 0 spiro atoms. The predicted molar refractivity (Wildman–Crippen MR) is 65.2 cm³/mol. The van der Waals surface area contributed by atoms with E-state index in [-0.39, 0.29) is 0 Å². The van der Waals surface area contributed by atoms with Gasteiger partial charge in [0.1, 0.15) is 0 Å². The van der Waals surface area contributed by atoms with E-state index in [1.165, 1.54) is 11.5 Å². The fourth-order valence-electron chi connectivity index (χ4n) is 1.09. The molecular formula is C9H19N5S. The molecule has 0 saturated heterocycles. The van der Waals surface area contributed by atoms with Crippen molar-refractivity contribution in [3.63, 3.8) is 0 Å². The van der Waals surface area contributed by atoms with Gasteiger partial charge in [0.15, 0.2) is 0 Å². The Kier molecular flexibility index (Phi) is 4.77. The van der Waals surface area contributed by atoms with Crippen molar-refractivity contribution in [1.29, 1.82) is 0 Å². The van der Waals surface area contributed by atoms with Gasteiger partial charge in [-0.15, -0.1) is 0 Å². The molecule has 1 rings (SSSR count). The molecule has 15 heavy (non-hydrogen) atoms. The molecule has 3 N–H and O–H groups in total. The van der Waals surface area contributed by atoms with Crippen molar-refractivity contribution < 1.29 is 0 Å². The summed E-state index contributed by atoms with van der Waals surface area (Å²) in [6, 6.07) is 0.599. The Balaban J connectivity index is 2.12. The average molecular weight is 229 g/mol. The number of nitrogen functional groups attached to an aromatic ring is 1. The quantitative estimate of drug-likeness (QED) is 0.719. The molecule has 0 saturated carbocycles. The van der Waals surface area contributed by atoms with Gasteiger partial charge in [0.05, 0.1) is 0 Å². The smallest absolute Gasteiger partial charge is 0.233 e. The number of hydrogen-bond donors (Lipinski definition) is 2. The van der Waals surface area contributed by atoms with Crippen LogP contribution in [0.3, 0.4) is 0 Å². The largest absolute Gasteiger partial charge is 0.367 e. The van der Waals surface area contributed by atoms with Crippen LogP contribution in [0.4, 0.5) is 11.1 Å². The molecule has 86 valence electrons. The predicted octanol–water partition coefficient (Wildman–Crippen LogP) is 1.26. The Morgan fingerprint density at radius 3 is 2.80 bits per heavy atom. The van der Waals surface area contributed by atoms with Gasteiger partial charge in [-0.2, -0.15) is 9.36 Å². The molecule has 5 nitrogen and oxygen atoms in total. The van der Waals surface area contributed by atoms with Crippen molar-refractivity contribution in [1.82, 2.24) is 14.3 Å². The van der Waals surface area contributed by atoms with Gasteiger partial charge in [-0.05, 0) is 33.9 Å². The summed E-state index contributed by atoms with van der Waals surface area (Å²) in [4.78, 5) is 6.34. The molecule has 0 radical (unpaired) electrons. The van der Waals surface area contributed by atoms with E-state index in [0.717, 1.165) is 24.6 Å². The number of hydrogen-bond acceptors (Lipinski definition) is 6. The summed E-state index contributed by atoms with van der Waals surface area (Å²) in [5.41, 5.74) is 5.41. The van der Waals surface area contributed by atoms with Gasteiger partial charge in [0, 0.05) is 24.1 Å². The van der Waals surface area contributed by atoms with Gasteiger partial charge in [0.25, 0.3) is 0 Å². The minimum absolute atomic E-state index is 0.349. The molecule has 0 aliphatic heterocycles. The van der Waals surface area contributed by atoms with Crippen LogP contribution in [-0.4, -0.2) is 40.4 Å². The Morgan fingerprint density at radius 2 is 2.27 bits per heavy atom. The van der Waals surface area contributed by atoms with E-state index in [0.29, 0.717) is 12.0 Å². The summed E-state index contributed by atoms with van der Waals surface area (Å²) in [6.45, 7) is 6.38. The summed E-state index contributed by atoms with van der Waals surface area (Å²) >= 11 is 1.30. The Morgan fingerprint density at radius 1 is 1.53 bits per heavy atom. The highest BCUT2D eigenvalue weighted by atomic mass is 32.1. The first-order chi connectivity index (χ1) is 7.09. The first-order valence-corrected chi connectivity index (χ1v) is 5.90. The van der Waals surface area contributed by atoms with Crippen molar-refractivity contribution >= 4 is 22.6 Å². The molecule has 1 aromatic heterocycles. The zero-order chi connectivity index (χ0) is 11.3. The van der Waals surface area contributed by atoms with Crippen LogP contribution in [0.2, 0.25) is 0 Å². The number of nitrogens with zero attached hydrogens (tertiary/aromatic N) is 3. The van der Waals surface area contributed by atoms with Crippen LogP contribution in [0.25, 0.3) is 0 Å². The van der Waals surface area contributed by atoms with Gasteiger partial charge in [-0.1, -0.05) is 0 Å². The average Bonchev–Trinajstić information content (AvgIpc) is 2.58. The monoisotopic (exact) mass is 229 g/mol. The topological polar surface area (TPSA) is 67.1 Å². The van der Waals surface area contributed by atoms with Gasteiger partial charge in [0.2, 0.25) is 11.1 Å². The highest BCUT2D eigenvalue weighted by Gasteiger charge is 2.03. The summed E-state index contributed by atoms with van der Waals surface area (Å²) in [5, 5.41) is 4.00. The van der Waals surface area contributed by atoms with Crippen molar-refractivity contribution in [2.45, 2.75) is 26.3 Å².